The number of nitrogens with zero attached hydrogens (tertiary/aromatic N) is 1. The zero-order valence-corrected chi connectivity index (χ0v) is 11.6. The molecule has 0 amide bonds. The Morgan fingerprint density at radius 1 is 1.06 bits per heavy atom. The second kappa shape index (κ2) is 15.4. The number of hydrogen-bond acceptors (Lipinski definition) is 3. The maximum Gasteiger partial charge on any atom is 0.303 e. The quantitative estimate of drug-likeness (QED) is 0.614. The van der Waals surface area contributed by atoms with Crippen molar-refractivity contribution in [2.24, 2.45) is 0 Å². The van der Waals surface area contributed by atoms with Crippen molar-refractivity contribution in [1.82, 2.24) is 4.90 Å². The van der Waals surface area contributed by atoms with E-state index in [1.807, 2.05) is 14.1 Å². The van der Waals surface area contributed by atoms with Gasteiger partial charge in [-0.25, -0.2) is 0 Å². The van der Waals surface area contributed by atoms with Crippen LogP contribution in [0.3, 0.4) is 0 Å². The predicted octanol–water partition coefficient (Wildman–Crippen LogP) is 2.36. The van der Waals surface area contributed by atoms with Crippen LogP contribution in [0, 0.1) is 0 Å². The van der Waals surface area contributed by atoms with Crippen molar-refractivity contribution in [3.63, 3.8) is 0 Å². The fourth-order valence-corrected chi connectivity index (χ4v) is 1.27. The van der Waals surface area contributed by atoms with E-state index in [4.69, 9.17) is 10.2 Å². The van der Waals surface area contributed by atoms with Crippen molar-refractivity contribution in [2.45, 2.75) is 51.9 Å². The zero-order valence-electron chi connectivity index (χ0n) is 11.6. The number of aliphatic hydroxyl groups is 1. The average molecular weight is 247 g/mol. The molecule has 0 heterocycles. The molecule has 4 nitrogen and oxygen atoms in total. The van der Waals surface area contributed by atoms with Crippen molar-refractivity contribution in [1.29, 1.82) is 0 Å². The van der Waals surface area contributed by atoms with Crippen molar-refractivity contribution in [3.05, 3.63) is 0 Å². The van der Waals surface area contributed by atoms with Crippen LogP contribution < -0.4 is 0 Å². The second-order valence-corrected chi connectivity index (χ2v) is 4.44. The Morgan fingerprint density at radius 3 is 2.00 bits per heavy atom. The van der Waals surface area contributed by atoms with Gasteiger partial charge in [-0.1, -0.05) is 32.6 Å². The summed E-state index contributed by atoms with van der Waals surface area (Å²) in [7, 11) is 3.99. The molecule has 0 atom stereocenters. The molecule has 0 unspecified atom stereocenters. The first-order chi connectivity index (χ1) is 8.04. The van der Waals surface area contributed by atoms with E-state index in [0.29, 0.717) is 13.0 Å². The summed E-state index contributed by atoms with van der Waals surface area (Å²) in [5.41, 5.74) is 0. The van der Waals surface area contributed by atoms with Gasteiger partial charge in [-0.05, 0) is 33.5 Å². The van der Waals surface area contributed by atoms with Gasteiger partial charge in [-0.3, -0.25) is 4.79 Å². The Labute approximate surface area is 106 Å². The largest absolute Gasteiger partial charge is 0.481 e. The van der Waals surface area contributed by atoms with Gasteiger partial charge in [0.1, 0.15) is 0 Å². The Kier molecular flexibility index (Phi) is 17.0. The molecule has 0 aromatic rings. The number of carboxylic acids is 1. The Morgan fingerprint density at radius 2 is 1.65 bits per heavy atom. The lowest BCUT2D eigenvalue weighted by atomic mass is 10.1. The lowest BCUT2D eigenvalue weighted by Gasteiger charge is -2.05. The van der Waals surface area contributed by atoms with Crippen LogP contribution in [0.4, 0.5) is 0 Å². The van der Waals surface area contributed by atoms with Crippen molar-refractivity contribution in [2.75, 3.05) is 27.2 Å². The third-order valence-electron chi connectivity index (χ3n) is 2.26. The van der Waals surface area contributed by atoms with Crippen molar-refractivity contribution in [3.8, 4) is 0 Å². The maximum absolute atomic E-state index is 10.0. The van der Waals surface area contributed by atoms with Gasteiger partial charge in [0.15, 0.2) is 0 Å². The predicted molar refractivity (Wildman–Crippen MR) is 71.3 cm³/mol. The number of unbranched alkanes of at least 4 members (excludes halogenated alkanes) is 4. The highest BCUT2D eigenvalue weighted by molar-refractivity contribution is 5.66. The van der Waals surface area contributed by atoms with E-state index in [9.17, 15) is 4.79 Å². The van der Waals surface area contributed by atoms with Crippen LogP contribution in [-0.2, 0) is 4.79 Å². The SMILES string of the molecule is CCCCCCCC(=O)O.CN(C)CCCO. The standard InChI is InChI=1S/C8H16O2.C5H13NO/c1-2-3-4-5-6-7-8(9)10;1-6(2)4-3-5-7/h2-7H2,1H3,(H,9,10);7H,3-5H2,1-2H3. The summed E-state index contributed by atoms with van der Waals surface area (Å²) in [5, 5.41) is 16.6. The summed E-state index contributed by atoms with van der Waals surface area (Å²) in [5.74, 6) is -0.670. The van der Waals surface area contributed by atoms with E-state index in [1.165, 1.54) is 19.3 Å². The van der Waals surface area contributed by atoms with Crippen LogP contribution in [0.1, 0.15) is 51.9 Å². The molecule has 0 aliphatic heterocycles. The molecule has 104 valence electrons. The summed E-state index contributed by atoms with van der Waals surface area (Å²) in [4.78, 5) is 12.1. The van der Waals surface area contributed by atoms with E-state index < -0.39 is 5.97 Å². The van der Waals surface area contributed by atoms with Gasteiger partial charge in [0.25, 0.3) is 0 Å². The first-order valence-electron chi connectivity index (χ1n) is 6.52. The fourth-order valence-electron chi connectivity index (χ4n) is 1.27. The van der Waals surface area contributed by atoms with Crippen LogP contribution in [-0.4, -0.2) is 48.3 Å². The second-order valence-electron chi connectivity index (χ2n) is 4.44. The molecule has 17 heavy (non-hydrogen) atoms. The summed E-state index contributed by atoms with van der Waals surface area (Å²) >= 11 is 0. The van der Waals surface area contributed by atoms with Crippen molar-refractivity contribution >= 4 is 5.97 Å². The average Bonchev–Trinajstić information content (AvgIpc) is 2.26. The highest BCUT2D eigenvalue weighted by atomic mass is 16.4. The van der Waals surface area contributed by atoms with E-state index in [-0.39, 0.29) is 0 Å². The molecular formula is C13H29NO3. The van der Waals surface area contributed by atoms with Crippen LogP contribution in [0.5, 0.6) is 0 Å². The first kappa shape index (κ1) is 18.7. The van der Waals surface area contributed by atoms with E-state index in [1.54, 1.807) is 0 Å². The minimum atomic E-state index is -0.670. The summed E-state index contributed by atoms with van der Waals surface area (Å²) in [6.07, 6.45) is 6.77. The van der Waals surface area contributed by atoms with Gasteiger partial charge in [0.05, 0.1) is 0 Å². The van der Waals surface area contributed by atoms with Crippen molar-refractivity contribution < 1.29 is 15.0 Å². The molecule has 0 spiro atoms. The van der Waals surface area contributed by atoms with Gasteiger partial charge >= 0.3 is 5.97 Å². The van der Waals surface area contributed by atoms with E-state index >= 15 is 0 Å². The van der Waals surface area contributed by atoms with Gasteiger partial charge in [0.2, 0.25) is 0 Å². The van der Waals surface area contributed by atoms with Crippen LogP contribution in [0.2, 0.25) is 0 Å². The molecule has 0 bridgehead atoms. The zero-order chi connectivity index (χ0) is 13.5. The topological polar surface area (TPSA) is 60.8 Å². The summed E-state index contributed by atoms with van der Waals surface area (Å²) in [6.45, 7) is 3.44. The maximum atomic E-state index is 10.0. The monoisotopic (exact) mass is 247 g/mol. The molecule has 0 saturated carbocycles. The fraction of sp³-hybridized carbons (Fsp3) is 0.923. The highest BCUT2D eigenvalue weighted by Crippen LogP contribution is 2.04. The molecular weight excluding hydrogens is 218 g/mol. The van der Waals surface area contributed by atoms with Gasteiger partial charge < -0.3 is 15.1 Å². The molecule has 0 saturated heterocycles. The highest BCUT2D eigenvalue weighted by Gasteiger charge is 1.94. The Bertz CT molecular complexity index is 161. The minimum Gasteiger partial charge on any atom is -0.481 e. The van der Waals surface area contributed by atoms with Crippen LogP contribution in [0.25, 0.3) is 0 Å². The third-order valence-corrected chi connectivity index (χ3v) is 2.26. The number of carboxylic acid groups (broad SMARTS) is 1. The molecule has 4 heteroatoms. The summed E-state index contributed by atoms with van der Waals surface area (Å²) in [6, 6.07) is 0. The molecule has 0 fully saturated rings. The number of aliphatic hydroxyl groups excluding tert-OH is 1. The molecule has 0 aliphatic rings. The molecule has 2 N–H and O–H groups in total. The minimum absolute atomic E-state index is 0.304. The van der Waals surface area contributed by atoms with Crippen LogP contribution in [0.15, 0.2) is 0 Å². The Hall–Kier alpha value is -0.610. The number of hydrogen-bond donors (Lipinski definition) is 2. The number of carbonyl (C=O) groups is 1. The third kappa shape index (κ3) is 25.6. The summed E-state index contributed by atoms with van der Waals surface area (Å²) < 4.78 is 0. The molecule has 0 rings (SSSR count). The smallest absolute Gasteiger partial charge is 0.303 e. The molecule has 0 aromatic heterocycles. The van der Waals surface area contributed by atoms with Gasteiger partial charge in [0, 0.05) is 13.0 Å². The first-order valence-corrected chi connectivity index (χ1v) is 6.52. The number of aliphatic carboxylic acids is 1. The lowest BCUT2D eigenvalue weighted by Crippen LogP contribution is -2.13. The van der Waals surface area contributed by atoms with Gasteiger partial charge in [-0.15, -0.1) is 0 Å². The Balaban J connectivity index is 0. The van der Waals surface area contributed by atoms with E-state index in [0.717, 1.165) is 25.8 Å². The number of rotatable bonds is 9. The molecule has 0 aromatic carbocycles. The van der Waals surface area contributed by atoms with Gasteiger partial charge in [-0.2, -0.15) is 0 Å². The normalized spacial score (nSPS) is 9.94. The van der Waals surface area contributed by atoms with Crippen LogP contribution >= 0.6 is 0 Å². The lowest BCUT2D eigenvalue weighted by molar-refractivity contribution is -0.137. The molecule has 0 aliphatic carbocycles. The van der Waals surface area contributed by atoms with E-state index in [2.05, 4.69) is 11.8 Å². The molecule has 0 radical (unpaired) electrons.